The van der Waals surface area contributed by atoms with Crippen molar-refractivity contribution in [3.05, 3.63) is 58.6 Å². The number of aromatic nitrogens is 1. The molecule has 98 valence electrons. The van der Waals surface area contributed by atoms with Gasteiger partial charge in [0, 0.05) is 6.20 Å². The molecular weight excluding hydrogens is 273 g/mol. The van der Waals surface area contributed by atoms with Crippen LogP contribution in [0, 0.1) is 5.82 Å². The first-order valence-corrected chi connectivity index (χ1v) is 5.65. The quantitative estimate of drug-likeness (QED) is 0.735. The summed E-state index contributed by atoms with van der Waals surface area (Å²) >= 11 is 5.72. The van der Waals surface area contributed by atoms with Crippen molar-refractivity contribution in [1.29, 1.82) is 0 Å². The van der Waals surface area contributed by atoms with Crippen LogP contribution in [0.2, 0.25) is 5.02 Å². The third-order valence-electron chi connectivity index (χ3n) is 2.32. The molecule has 0 unspecified atom stereocenters. The number of carbonyl (C=O) groups excluding carboxylic acids is 2. The summed E-state index contributed by atoms with van der Waals surface area (Å²) < 4.78 is 13.4. The van der Waals surface area contributed by atoms with Gasteiger partial charge in [-0.1, -0.05) is 17.7 Å². The van der Waals surface area contributed by atoms with Crippen molar-refractivity contribution in [1.82, 2.24) is 15.8 Å². The van der Waals surface area contributed by atoms with Crippen molar-refractivity contribution >= 4 is 23.4 Å². The second-order valence-electron chi connectivity index (χ2n) is 3.59. The van der Waals surface area contributed by atoms with E-state index >= 15 is 0 Å². The first kappa shape index (κ1) is 13.1. The topological polar surface area (TPSA) is 74.0 Å². The maximum atomic E-state index is 13.4. The number of hydrogen-bond acceptors (Lipinski definition) is 2. The number of aromatic amines is 1. The van der Waals surface area contributed by atoms with Crippen LogP contribution in [0.4, 0.5) is 4.39 Å². The lowest BCUT2D eigenvalue weighted by Crippen LogP contribution is -2.42. The normalized spacial score (nSPS) is 10.0. The lowest BCUT2D eigenvalue weighted by molar-refractivity contribution is 0.0842. The van der Waals surface area contributed by atoms with Gasteiger partial charge < -0.3 is 4.98 Å². The van der Waals surface area contributed by atoms with Crippen molar-refractivity contribution in [3.8, 4) is 0 Å². The van der Waals surface area contributed by atoms with Crippen LogP contribution in [0.1, 0.15) is 20.8 Å². The highest BCUT2D eigenvalue weighted by molar-refractivity contribution is 6.33. The fraction of sp³-hybridized carbons (Fsp3) is 0. The minimum Gasteiger partial charge on any atom is -0.357 e. The third-order valence-corrected chi connectivity index (χ3v) is 2.64. The summed E-state index contributed by atoms with van der Waals surface area (Å²) in [5.41, 5.74) is 4.17. The zero-order valence-electron chi connectivity index (χ0n) is 9.54. The van der Waals surface area contributed by atoms with Crippen LogP contribution in [-0.2, 0) is 0 Å². The van der Waals surface area contributed by atoms with Gasteiger partial charge in [-0.15, -0.1) is 0 Å². The standard InChI is InChI=1S/C12H9ClFN3O2/c13-7-3-1-4-8(14)10(7)12(19)17-16-11(18)9-5-2-6-15-9/h1-6,15H,(H,16,18)(H,17,19). The lowest BCUT2D eigenvalue weighted by atomic mass is 10.2. The number of halogens is 2. The summed E-state index contributed by atoms with van der Waals surface area (Å²) in [5.74, 6) is -2.15. The van der Waals surface area contributed by atoms with Gasteiger partial charge in [0.15, 0.2) is 0 Å². The maximum absolute atomic E-state index is 13.4. The Bertz CT molecular complexity index is 593. The molecule has 0 saturated heterocycles. The molecule has 1 heterocycles. The molecule has 7 heteroatoms. The molecule has 0 saturated carbocycles. The minimum atomic E-state index is -0.831. The van der Waals surface area contributed by atoms with E-state index in [1.165, 1.54) is 18.2 Å². The molecule has 2 aromatic rings. The highest BCUT2D eigenvalue weighted by Gasteiger charge is 2.16. The fourth-order valence-electron chi connectivity index (χ4n) is 1.43. The van der Waals surface area contributed by atoms with Crippen molar-refractivity contribution in [2.24, 2.45) is 0 Å². The molecule has 0 radical (unpaired) electrons. The SMILES string of the molecule is O=C(NNC(=O)c1c(F)cccc1Cl)c1ccc[nH]1. The summed E-state index contributed by atoms with van der Waals surface area (Å²) in [7, 11) is 0. The summed E-state index contributed by atoms with van der Waals surface area (Å²) in [4.78, 5) is 25.9. The number of rotatable bonds is 2. The van der Waals surface area contributed by atoms with Crippen molar-refractivity contribution in [3.63, 3.8) is 0 Å². The molecule has 1 aromatic heterocycles. The van der Waals surface area contributed by atoms with E-state index in [-0.39, 0.29) is 16.3 Å². The second kappa shape index (κ2) is 5.53. The predicted octanol–water partition coefficient (Wildman–Crippen LogP) is 1.88. The van der Waals surface area contributed by atoms with Crippen molar-refractivity contribution in [2.45, 2.75) is 0 Å². The Morgan fingerprint density at radius 3 is 2.47 bits per heavy atom. The summed E-state index contributed by atoms with van der Waals surface area (Å²) in [6, 6.07) is 7.02. The zero-order valence-corrected chi connectivity index (χ0v) is 10.3. The number of carbonyl (C=O) groups is 2. The van der Waals surface area contributed by atoms with E-state index in [1.54, 1.807) is 12.3 Å². The molecule has 0 bridgehead atoms. The Labute approximate surface area is 112 Å². The molecule has 0 aliphatic heterocycles. The number of hydrazine groups is 1. The molecule has 2 amide bonds. The number of amides is 2. The Balaban J connectivity index is 2.04. The van der Waals surface area contributed by atoms with E-state index in [4.69, 9.17) is 11.6 Å². The molecular formula is C12H9ClFN3O2. The van der Waals surface area contributed by atoms with E-state index < -0.39 is 17.6 Å². The monoisotopic (exact) mass is 281 g/mol. The Morgan fingerprint density at radius 2 is 1.84 bits per heavy atom. The van der Waals surface area contributed by atoms with Gasteiger partial charge in [-0.2, -0.15) is 0 Å². The van der Waals surface area contributed by atoms with E-state index in [2.05, 4.69) is 15.8 Å². The van der Waals surface area contributed by atoms with E-state index in [0.717, 1.165) is 6.07 Å². The number of hydrogen-bond donors (Lipinski definition) is 3. The van der Waals surface area contributed by atoms with Gasteiger partial charge >= 0.3 is 0 Å². The predicted molar refractivity (Wildman–Crippen MR) is 67.1 cm³/mol. The van der Waals surface area contributed by atoms with Crippen LogP contribution in [-0.4, -0.2) is 16.8 Å². The smallest absolute Gasteiger partial charge is 0.286 e. The van der Waals surface area contributed by atoms with Gasteiger partial charge in [-0.3, -0.25) is 20.4 Å². The number of benzene rings is 1. The van der Waals surface area contributed by atoms with Crippen LogP contribution in [0.25, 0.3) is 0 Å². The largest absolute Gasteiger partial charge is 0.357 e. The first-order valence-electron chi connectivity index (χ1n) is 5.27. The van der Waals surface area contributed by atoms with Gasteiger partial charge in [0.25, 0.3) is 11.8 Å². The molecule has 5 nitrogen and oxygen atoms in total. The summed E-state index contributed by atoms with van der Waals surface area (Å²) in [5, 5.41) is -0.0355. The zero-order chi connectivity index (χ0) is 13.8. The summed E-state index contributed by atoms with van der Waals surface area (Å²) in [6.07, 6.45) is 1.56. The van der Waals surface area contributed by atoms with Crippen LogP contribution in [0.3, 0.4) is 0 Å². The lowest BCUT2D eigenvalue weighted by Gasteiger charge is -2.08. The van der Waals surface area contributed by atoms with E-state index in [1.807, 2.05) is 0 Å². The van der Waals surface area contributed by atoms with E-state index in [9.17, 15) is 14.0 Å². The highest BCUT2D eigenvalue weighted by Crippen LogP contribution is 2.18. The van der Waals surface area contributed by atoms with Gasteiger partial charge in [-0.25, -0.2) is 4.39 Å². The maximum Gasteiger partial charge on any atom is 0.286 e. The molecule has 0 fully saturated rings. The van der Waals surface area contributed by atoms with Crippen LogP contribution >= 0.6 is 11.6 Å². The van der Waals surface area contributed by atoms with Crippen LogP contribution in [0.5, 0.6) is 0 Å². The van der Waals surface area contributed by atoms with Gasteiger partial charge in [0.05, 0.1) is 10.6 Å². The van der Waals surface area contributed by atoms with Crippen LogP contribution in [0.15, 0.2) is 36.5 Å². The molecule has 1 aromatic carbocycles. The van der Waals surface area contributed by atoms with Gasteiger partial charge in [0.2, 0.25) is 0 Å². The average molecular weight is 282 g/mol. The first-order chi connectivity index (χ1) is 9.09. The van der Waals surface area contributed by atoms with Crippen LogP contribution < -0.4 is 10.9 Å². The van der Waals surface area contributed by atoms with E-state index in [0.29, 0.717) is 0 Å². The van der Waals surface area contributed by atoms with Gasteiger partial charge in [0.1, 0.15) is 11.5 Å². The Hall–Kier alpha value is -2.34. The molecule has 0 aliphatic rings. The average Bonchev–Trinajstić information content (AvgIpc) is 2.89. The fourth-order valence-corrected chi connectivity index (χ4v) is 1.68. The molecule has 19 heavy (non-hydrogen) atoms. The number of H-pyrrole nitrogens is 1. The molecule has 2 rings (SSSR count). The highest BCUT2D eigenvalue weighted by atomic mass is 35.5. The number of nitrogens with one attached hydrogen (secondary N) is 3. The second-order valence-corrected chi connectivity index (χ2v) is 4.00. The molecule has 0 aliphatic carbocycles. The minimum absolute atomic E-state index is 0.0355. The molecule has 0 atom stereocenters. The summed E-state index contributed by atoms with van der Waals surface area (Å²) in [6.45, 7) is 0. The van der Waals surface area contributed by atoms with Gasteiger partial charge in [-0.05, 0) is 24.3 Å². The van der Waals surface area contributed by atoms with Crippen molar-refractivity contribution in [2.75, 3.05) is 0 Å². The molecule has 0 spiro atoms. The van der Waals surface area contributed by atoms with Crippen molar-refractivity contribution < 1.29 is 14.0 Å². The Kier molecular flexibility index (Phi) is 3.82. The third kappa shape index (κ3) is 2.92. The Morgan fingerprint density at radius 1 is 1.11 bits per heavy atom. The molecule has 3 N–H and O–H groups in total.